The third-order valence-electron chi connectivity index (χ3n) is 8.44. The number of hydrogen-bond donors (Lipinski definition) is 1. The van der Waals surface area contributed by atoms with E-state index in [9.17, 15) is 14.4 Å². The second-order valence-electron chi connectivity index (χ2n) is 12.0. The van der Waals surface area contributed by atoms with Crippen molar-refractivity contribution in [2.45, 2.75) is 94.9 Å². The maximum Gasteiger partial charge on any atom is 0.408 e. The molecule has 3 aliphatic carbocycles. The standard InChI is InChI=1S/C28H38N2O6/c1-17(31)35-28-14-22(29-25(33)36-26(2,3)4)23(32)15-27(28)10-11-30(16-18-6-7-18)24(28)12-19-8-9-20(34-5)13-21(19)27/h8-9,13,18,22,24H,6-7,10-12,14-16H2,1-5H3,(H,29,33)/t22-,24+,27+,28+/m0/s1. The molecule has 1 aliphatic heterocycles. The number of carbonyl (C=O) groups is 3. The number of Topliss-reactive ketones (excluding diaryl/α,β-unsaturated/α-hetero) is 1. The Kier molecular flexibility index (Phi) is 6.09. The van der Waals surface area contributed by atoms with E-state index in [1.165, 1.54) is 25.3 Å². The van der Waals surface area contributed by atoms with Crippen molar-refractivity contribution in [3.8, 4) is 5.75 Å². The summed E-state index contributed by atoms with van der Waals surface area (Å²) in [6.07, 6.45) is 3.66. The van der Waals surface area contributed by atoms with E-state index in [1.807, 2.05) is 12.1 Å². The van der Waals surface area contributed by atoms with Crippen LogP contribution in [0.25, 0.3) is 0 Å². The van der Waals surface area contributed by atoms with E-state index in [0.717, 1.165) is 24.4 Å². The lowest BCUT2D eigenvalue weighted by Crippen LogP contribution is -2.77. The molecule has 36 heavy (non-hydrogen) atoms. The van der Waals surface area contributed by atoms with Crippen LogP contribution in [0, 0.1) is 5.92 Å². The number of ether oxygens (including phenoxy) is 3. The molecule has 1 aromatic rings. The molecule has 1 heterocycles. The van der Waals surface area contributed by atoms with Crippen molar-refractivity contribution in [1.82, 2.24) is 10.2 Å². The molecule has 1 amide bonds. The van der Waals surface area contributed by atoms with Gasteiger partial charge in [-0.15, -0.1) is 0 Å². The van der Waals surface area contributed by atoms with E-state index in [-0.39, 0.29) is 30.6 Å². The van der Waals surface area contributed by atoms with Crippen LogP contribution in [0.4, 0.5) is 4.79 Å². The van der Waals surface area contributed by atoms with Gasteiger partial charge in [0.15, 0.2) is 5.78 Å². The van der Waals surface area contributed by atoms with Crippen molar-refractivity contribution in [3.63, 3.8) is 0 Å². The molecule has 0 radical (unpaired) electrons. The second-order valence-corrected chi connectivity index (χ2v) is 12.0. The number of amides is 1. The first-order chi connectivity index (χ1) is 17.0. The van der Waals surface area contributed by atoms with Crippen molar-refractivity contribution in [1.29, 1.82) is 0 Å². The molecule has 2 saturated carbocycles. The topological polar surface area (TPSA) is 94.2 Å². The summed E-state index contributed by atoms with van der Waals surface area (Å²) in [4.78, 5) is 41.5. The van der Waals surface area contributed by atoms with Gasteiger partial charge in [0.1, 0.15) is 17.0 Å². The van der Waals surface area contributed by atoms with Crippen LogP contribution >= 0.6 is 0 Å². The van der Waals surface area contributed by atoms with Crippen molar-refractivity contribution in [2.75, 3.05) is 20.2 Å². The molecule has 1 saturated heterocycles. The number of piperidine rings is 1. The number of benzene rings is 1. The molecule has 2 bridgehead atoms. The van der Waals surface area contributed by atoms with Gasteiger partial charge in [-0.25, -0.2) is 4.79 Å². The zero-order valence-corrected chi connectivity index (χ0v) is 22.0. The zero-order valence-electron chi connectivity index (χ0n) is 22.0. The van der Waals surface area contributed by atoms with Crippen molar-refractivity contribution in [3.05, 3.63) is 29.3 Å². The highest BCUT2D eigenvalue weighted by atomic mass is 16.6. The summed E-state index contributed by atoms with van der Waals surface area (Å²) in [7, 11) is 1.63. The first-order valence-electron chi connectivity index (χ1n) is 13.1. The third-order valence-corrected chi connectivity index (χ3v) is 8.44. The van der Waals surface area contributed by atoms with Crippen molar-refractivity contribution >= 4 is 17.8 Å². The van der Waals surface area contributed by atoms with Gasteiger partial charge in [0.25, 0.3) is 0 Å². The van der Waals surface area contributed by atoms with Gasteiger partial charge in [-0.05, 0) is 82.2 Å². The van der Waals surface area contributed by atoms with E-state index in [4.69, 9.17) is 14.2 Å². The lowest BCUT2D eigenvalue weighted by atomic mass is 9.48. The van der Waals surface area contributed by atoms with Crippen LogP contribution in [-0.2, 0) is 30.9 Å². The molecular formula is C28H38N2O6. The fraction of sp³-hybridized carbons (Fsp3) is 0.679. The quantitative estimate of drug-likeness (QED) is 0.621. The molecule has 4 atom stereocenters. The number of likely N-dealkylation sites (tertiary alicyclic amines) is 1. The Morgan fingerprint density at radius 3 is 2.61 bits per heavy atom. The van der Waals surface area contributed by atoms with Crippen LogP contribution in [0.1, 0.15) is 70.9 Å². The van der Waals surface area contributed by atoms with E-state index in [1.54, 1.807) is 27.9 Å². The van der Waals surface area contributed by atoms with Crippen LogP contribution < -0.4 is 10.1 Å². The molecule has 0 aromatic heterocycles. The maximum atomic E-state index is 13.7. The maximum absolute atomic E-state index is 13.7. The second kappa shape index (κ2) is 8.75. The number of fused-ring (bicyclic) bond motifs is 1. The fourth-order valence-electron chi connectivity index (χ4n) is 6.88. The third kappa shape index (κ3) is 4.27. The first kappa shape index (κ1) is 25.1. The van der Waals surface area contributed by atoms with Gasteiger partial charge in [0, 0.05) is 31.7 Å². The smallest absolute Gasteiger partial charge is 0.408 e. The molecule has 4 aliphatic rings. The average Bonchev–Trinajstić information content (AvgIpc) is 3.59. The molecule has 0 spiro atoms. The molecule has 8 heteroatoms. The summed E-state index contributed by atoms with van der Waals surface area (Å²) in [5, 5.41) is 2.81. The largest absolute Gasteiger partial charge is 0.497 e. The number of hydrogen-bond acceptors (Lipinski definition) is 7. The first-order valence-corrected chi connectivity index (χ1v) is 13.1. The van der Waals surface area contributed by atoms with Gasteiger partial charge in [-0.2, -0.15) is 0 Å². The zero-order chi connectivity index (χ0) is 25.9. The Bertz CT molecular complexity index is 1080. The minimum Gasteiger partial charge on any atom is -0.497 e. The minimum atomic E-state index is -0.946. The minimum absolute atomic E-state index is 0.0614. The van der Waals surface area contributed by atoms with E-state index < -0.39 is 28.8 Å². The van der Waals surface area contributed by atoms with Gasteiger partial charge in [0.05, 0.1) is 19.2 Å². The molecular weight excluding hydrogens is 460 g/mol. The van der Waals surface area contributed by atoms with Gasteiger partial charge >= 0.3 is 12.1 Å². The summed E-state index contributed by atoms with van der Waals surface area (Å²) in [6.45, 7) is 8.62. The van der Waals surface area contributed by atoms with Gasteiger partial charge < -0.3 is 19.5 Å². The van der Waals surface area contributed by atoms with Gasteiger partial charge in [-0.3, -0.25) is 14.5 Å². The van der Waals surface area contributed by atoms with Crippen LogP contribution in [0.2, 0.25) is 0 Å². The van der Waals surface area contributed by atoms with E-state index in [0.29, 0.717) is 18.8 Å². The Morgan fingerprint density at radius 1 is 1.22 bits per heavy atom. The number of esters is 1. The molecule has 1 aromatic carbocycles. The van der Waals surface area contributed by atoms with Crippen LogP contribution in [0.3, 0.4) is 0 Å². The van der Waals surface area contributed by atoms with Crippen LogP contribution in [0.5, 0.6) is 5.75 Å². The Hall–Kier alpha value is -2.61. The highest BCUT2D eigenvalue weighted by molar-refractivity contribution is 5.91. The SMILES string of the molecule is COc1ccc2c(c1)[C@]13CCN(CC4CC4)[C@H](C2)[C@]1(OC(C)=O)C[C@H](NC(=O)OC(C)(C)C)C(=O)C3. The summed E-state index contributed by atoms with van der Waals surface area (Å²) in [5.41, 5.74) is -0.0906. The number of carbonyl (C=O) groups excluding carboxylic acids is 3. The number of alkyl carbamates (subject to hydrolysis) is 1. The highest BCUT2D eigenvalue weighted by Crippen LogP contribution is 2.60. The Labute approximate surface area is 213 Å². The molecule has 0 unspecified atom stereocenters. The van der Waals surface area contributed by atoms with E-state index in [2.05, 4.69) is 16.3 Å². The molecule has 1 N–H and O–H groups in total. The predicted molar refractivity (Wildman–Crippen MR) is 133 cm³/mol. The molecule has 8 nitrogen and oxygen atoms in total. The van der Waals surface area contributed by atoms with Crippen molar-refractivity contribution in [2.24, 2.45) is 5.92 Å². The normalized spacial score (nSPS) is 31.6. The van der Waals surface area contributed by atoms with Crippen LogP contribution in [0.15, 0.2) is 18.2 Å². The fourth-order valence-corrected chi connectivity index (χ4v) is 6.88. The molecule has 3 fully saturated rings. The average molecular weight is 499 g/mol. The van der Waals surface area contributed by atoms with Gasteiger partial charge in [0.2, 0.25) is 0 Å². The monoisotopic (exact) mass is 498 g/mol. The summed E-state index contributed by atoms with van der Waals surface area (Å²) < 4.78 is 17.4. The number of nitrogens with zero attached hydrogens (tertiary/aromatic N) is 1. The number of methoxy groups -OCH3 is 1. The summed E-state index contributed by atoms with van der Waals surface area (Å²) in [6, 6.07) is 5.22. The number of nitrogens with one attached hydrogen (secondary N) is 1. The summed E-state index contributed by atoms with van der Waals surface area (Å²) in [5.74, 6) is 0.966. The van der Waals surface area contributed by atoms with Crippen molar-refractivity contribution < 1.29 is 28.6 Å². The highest BCUT2D eigenvalue weighted by Gasteiger charge is 2.69. The Morgan fingerprint density at radius 2 is 1.97 bits per heavy atom. The van der Waals surface area contributed by atoms with E-state index >= 15 is 0 Å². The lowest BCUT2D eigenvalue weighted by Gasteiger charge is -2.65. The lowest BCUT2D eigenvalue weighted by molar-refractivity contribution is -0.207. The Balaban J connectivity index is 1.60. The summed E-state index contributed by atoms with van der Waals surface area (Å²) >= 11 is 0. The van der Waals surface area contributed by atoms with Crippen LogP contribution in [-0.4, -0.2) is 66.2 Å². The molecule has 196 valence electrons. The number of rotatable bonds is 5. The predicted octanol–water partition coefficient (Wildman–Crippen LogP) is 3.53. The van der Waals surface area contributed by atoms with Gasteiger partial charge in [-0.1, -0.05) is 6.07 Å². The molecule has 5 rings (SSSR count). The number of ketones is 1.